The van der Waals surface area contributed by atoms with Crippen LogP contribution in [0.15, 0.2) is 0 Å². The second-order valence-electron chi connectivity index (χ2n) is 5.34. The summed E-state index contributed by atoms with van der Waals surface area (Å²) in [6.07, 6.45) is 3.14. The van der Waals surface area contributed by atoms with Gasteiger partial charge in [0.25, 0.3) is 0 Å². The van der Waals surface area contributed by atoms with Crippen LogP contribution in [0.2, 0.25) is 0 Å². The average Bonchev–Trinajstić information content (AvgIpc) is 2.71. The van der Waals surface area contributed by atoms with Crippen molar-refractivity contribution in [1.29, 1.82) is 0 Å². The SMILES string of the molecule is CCCN(CCC)CCCN1CC(S(=O)(=O)Cl)CC1=O. The molecule has 1 aliphatic heterocycles. The minimum atomic E-state index is -3.63. The van der Waals surface area contributed by atoms with Crippen LogP contribution in [0.25, 0.3) is 0 Å². The molecule has 1 heterocycles. The van der Waals surface area contributed by atoms with Gasteiger partial charge >= 0.3 is 0 Å². The van der Waals surface area contributed by atoms with Gasteiger partial charge in [0.1, 0.15) is 5.25 Å². The summed E-state index contributed by atoms with van der Waals surface area (Å²) in [4.78, 5) is 15.8. The Morgan fingerprint density at radius 1 is 1.25 bits per heavy atom. The first-order valence-corrected chi connectivity index (χ1v) is 9.69. The predicted molar refractivity (Wildman–Crippen MR) is 81.4 cm³/mol. The molecule has 0 N–H and O–H groups in total. The lowest BCUT2D eigenvalue weighted by Crippen LogP contribution is -2.32. The van der Waals surface area contributed by atoms with Gasteiger partial charge in [-0.15, -0.1) is 0 Å². The number of carbonyl (C=O) groups excluding carboxylic acids is 1. The fourth-order valence-corrected chi connectivity index (χ4v) is 3.65. The van der Waals surface area contributed by atoms with E-state index in [9.17, 15) is 13.2 Å². The molecule has 0 aromatic rings. The molecule has 20 heavy (non-hydrogen) atoms. The summed E-state index contributed by atoms with van der Waals surface area (Å²) in [5.74, 6) is -0.100. The second-order valence-corrected chi connectivity index (χ2v) is 8.24. The summed E-state index contributed by atoms with van der Waals surface area (Å²) in [5.41, 5.74) is 0. The van der Waals surface area contributed by atoms with Crippen molar-refractivity contribution in [2.45, 2.75) is 44.8 Å². The number of halogens is 1. The van der Waals surface area contributed by atoms with E-state index < -0.39 is 14.3 Å². The Morgan fingerprint density at radius 2 is 1.85 bits per heavy atom. The molecule has 1 fully saturated rings. The van der Waals surface area contributed by atoms with Crippen molar-refractivity contribution < 1.29 is 13.2 Å². The molecule has 1 atom stereocenters. The molecular weight excluding hydrogens is 300 g/mol. The molecular formula is C13H25ClN2O3S. The van der Waals surface area contributed by atoms with Crippen LogP contribution < -0.4 is 0 Å². The van der Waals surface area contributed by atoms with Crippen LogP contribution in [0.5, 0.6) is 0 Å². The maximum Gasteiger partial charge on any atom is 0.237 e. The highest BCUT2D eigenvalue weighted by Crippen LogP contribution is 2.21. The lowest BCUT2D eigenvalue weighted by molar-refractivity contribution is -0.127. The Labute approximate surface area is 126 Å². The summed E-state index contributed by atoms with van der Waals surface area (Å²) >= 11 is 0. The van der Waals surface area contributed by atoms with Crippen molar-refractivity contribution in [3.05, 3.63) is 0 Å². The maximum atomic E-state index is 11.7. The van der Waals surface area contributed by atoms with E-state index in [0.29, 0.717) is 6.54 Å². The van der Waals surface area contributed by atoms with Crippen LogP contribution >= 0.6 is 10.7 Å². The van der Waals surface area contributed by atoms with Gasteiger partial charge in [-0.1, -0.05) is 13.8 Å². The molecule has 5 nitrogen and oxygen atoms in total. The van der Waals surface area contributed by atoms with E-state index in [1.165, 1.54) is 0 Å². The summed E-state index contributed by atoms with van der Waals surface area (Å²) < 4.78 is 22.5. The summed E-state index contributed by atoms with van der Waals surface area (Å²) in [6, 6.07) is 0. The van der Waals surface area contributed by atoms with Gasteiger partial charge in [-0.25, -0.2) is 8.42 Å². The Hall–Kier alpha value is -0.330. The van der Waals surface area contributed by atoms with E-state index in [0.717, 1.165) is 38.9 Å². The molecule has 1 saturated heterocycles. The fourth-order valence-electron chi connectivity index (χ4n) is 2.59. The third-order valence-electron chi connectivity index (χ3n) is 3.56. The monoisotopic (exact) mass is 324 g/mol. The van der Waals surface area contributed by atoms with Gasteiger partial charge in [-0.3, -0.25) is 4.79 Å². The molecule has 1 rings (SSSR count). The van der Waals surface area contributed by atoms with Crippen molar-refractivity contribution in [3.63, 3.8) is 0 Å². The summed E-state index contributed by atoms with van der Waals surface area (Å²) in [7, 11) is 1.69. The lowest BCUT2D eigenvalue weighted by Gasteiger charge is -2.23. The number of hydrogen-bond acceptors (Lipinski definition) is 4. The van der Waals surface area contributed by atoms with Crippen LogP contribution in [-0.2, 0) is 13.8 Å². The topological polar surface area (TPSA) is 57.7 Å². The molecule has 7 heteroatoms. The summed E-state index contributed by atoms with van der Waals surface area (Å²) in [6.45, 7) is 8.26. The molecule has 0 saturated carbocycles. The van der Waals surface area contributed by atoms with E-state index in [4.69, 9.17) is 10.7 Å². The van der Waals surface area contributed by atoms with Crippen molar-refractivity contribution in [1.82, 2.24) is 9.80 Å². The smallest absolute Gasteiger partial charge is 0.237 e. The van der Waals surface area contributed by atoms with Gasteiger partial charge < -0.3 is 9.80 Å². The largest absolute Gasteiger partial charge is 0.341 e. The van der Waals surface area contributed by atoms with E-state index in [1.54, 1.807) is 4.90 Å². The van der Waals surface area contributed by atoms with Crippen molar-refractivity contribution in [2.24, 2.45) is 0 Å². The number of hydrogen-bond donors (Lipinski definition) is 0. The molecule has 118 valence electrons. The number of nitrogens with zero attached hydrogens (tertiary/aromatic N) is 2. The average molecular weight is 325 g/mol. The number of likely N-dealkylation sites (tertiary alicyclic amines) is 1. The van der Waals surface area contributed by atoms with Crippen LogP contribution in [-0.4, -0.2) is 62.1 Å². The van der Waals surface area contributed by atoms with E-state index in [1.807, 2.05) is 0 Å². The molecule has 0 spiro atoms. The standard InChI is InChI=1S/C13H25ClN2O3S/c1-3-6-15(7-4-2)8-5-9-16-11-12(10-13(16)17)20(14,18)19/h12H,3-11H2,1-2H3. The Kier molecular flexibility index (Phi) is 7.26. The van der Waals surface area contributed by atoms with E-state index in [2.05, 4.69) is 18.7 Å². The van der Waals surface area contributed by atoms with Crippen LogP contribution in [0.4, 0.5) is 0 Å². The third kappa shape index (κ3) is 5.58. The fraction of sp³-hybridized carbons (Fsp3) is 0.923. The van der Waals surface area contributed by atoms with Gasteiger partial charge in [0.05, 0.1) is 0 Å². The molecule has 1 aliphatic rings. The highest BCUT2D eigenvalue weighted by molar-refractivity contribution is 8.14. The quantitative estimate of drug-likeness (QED) is 0.605. The van der Waals surface area contributed by atoms with Gasteiger partial charge in [-0.2, -0.15) is 0 Å². The first-order chi connectivity index (χ1) is 9.38. The highest BCUT2D eigenvalue weighted by Gasteiger charge is 2.36. The minimum absolute atomic E-state index is 0.0272. The predicted octanol–water partition coefficient (Wildman–Crippen LogP) is 1.67. The molecule has 0 aromatic heterocycles. The van der Waals surface area contributed by atoms with Gasteiger partial charge in [0.15, 0.2) is 0 Å². The van der Waals surface area contributed by atoms with Crippen LogP contribution in [0.1, 0.15) is 39.5 Å². The van der Waals surface area contributed by atoms with Gasteiger partial charge in [0, 0.05) is 30.2 Å². The first kappa shape index (κ1) is 17.7. The highest BCUT2D eigenvalue weighted by atomic mass is 35.7. The van der Waals surface area contributed by atoms with Gasteiger partial charge in [-0.05, 0) is 38.9 Å². The van der Waals surface area contributed by atoms with Crippen LogP contribution in [0, 0.1) is 0 Å². The third-order valence-corrected chi connectivity index (χ3v) is 5.43. The zero-order valence-corrected chi connectivity index (χ0v) is 13.9. The molecule has 0 bridgehead atoms. The zero-order valence-electron chi connectivity index (χ0n) is 12.3. The van der Waals surface area contributed by atoms with Gasteiger partial charge in [0.2, 0.25) is 15.0 Å². The Balaban J connectivity index is 2.37. The molecule has 0 aromatic carbocycles. The molecule has 0 radical (unpaired) electrons. The first-order valence-electron chi connectivity index (χ1n) is 7.32. The Bertz CT molecular complexity index is 408. The zero-order chi connectivity index (χ0) is 15.2. The molecule has 0 aliphatic carbocycles. The number of rotatable bonds is 9. The second kappa shape index (κ2) is 8.20. The normalized spacial score (nSPS) is 20.1. The lowest BCUT2D eigenvalue weighted by atomic mass is 10.3. The minimum Gasteiger partial charge on any atom is -0.341 e. The number of carbonyl (C=O) groups is 1. The van der Waals surface area contributed by atoms with E-state index >= 15 is 0 Å². The Morgan fingerprint density at radius 3 is 2.30 bits per heavy atom. The van der Waals surface area contributed by atoms with E-state index in [-0.39, 0.29) is 18.9 Å². The van der Waals surface area contributed by atoms with Crippen molar-refractivity contribution in [2.75, 3.05) is 32.7 Å². The number of amides is 1. The molecule has 1 unspecified atom stereocenters. The maximum absolute atomic E-state index is 11.7. The van der Waals surface area contributed by atoms with Crippen molar-refractivity contribution >= 4 is 25.6 Å². The van der Waals surface area contributed by atoms with Crippen LogP contribution in [0.3, 0.4) is 0 Å². The van der Waals surface area contributed by atoms with Crippen molar-refractivity contribution in [3.8, 4) is 0 Å². The summed E-state index contributed by atoms with van der Waals surface area (Å²) in [5, 5.41) is -0.737. The molecule has 1 amide bonds.